The number of amides is 2. The molecule has 0 spiro atoms. The molecule has 23 heavy (non-hydrogen) atoms. The van der Waals surface area contributed by atoms with Gasteiger partial charge in [0.15, 0.2) is 0 Å². The number of anilines is 1. The third kappa shape index (κ3) is 8.53. The predicted octanol–water partition coefficient (Wildman–Crippen LogP) is 0.0486. The molecule has 132 valence electrons. The Hall–Kier alpha value is -1.64. The van der Waals surface area contributed by atoms with Crippen LogP contribution in [0, 0.1) is 0 Å². The van der Waals surface area contributed by atoms with Crippen LogP contribution in [-0.2, 0) is 16.1 Å². The van der Waals surface area contributed by atoms with Crippen LogP contribution in [-0.4, -0.2) is 59.7 Å². The third-order valence-electron chi connectivity index (χ3n) is 3.02. The Balaban J connectivity index is 0.00000484. The highest BCUT2D eigenvalue weighted by atomic mass is 35.5. The summed E-state index contributed by atoms with van der Waals surface area (Å²) >= 11 is 0. The van der Waals surface area contributed by atoms with E-state index in [2.05, 4.69) is 15.7 Å². The van der Waals surface area contributed by atoms with Crippen LogP contribution in [0.4, 0.5) is 5.69 Å². The lowest BCUT2D eigenvalue weighted by molar-refractivity contribution is -0.122. The Morgan fingerprint density at radius 2 is 2.13 bits per heavy atom. The second-order valence-corrected chi connectivity index (χ2v) is 5.46. The van der Waals surface area contributed by atoms with E-state index in [1.54, 1.807) is 6.20 Å². The van der Waals surface area contributed by atoms with E-state index in [4.69, 9.17) is 5.73 Å². The zero-order valence-corrected chi connectivity index (χ0v) is 14.7. The maximum Gasteiger partial charge on any atom is 0.241 e. The van der Waals surface area contributed by atoms with Crippen molar-refractivity contribution in [3.8, 4) is 0 Å². The summed E-state index contributed by atoms with van der Waals surface area (Å²) in [5.74, 6) is -0.359. The van der Waals surface area contributed by atoms with Crippen molar-refractivity contribution in [2.45, 2.75) is 32.4 Å². The van der Waals surface area contributed by atoms with Gasteiger partial charge < -0.3 is 21.3 Å². The maximum absolute atomic E-state index is 11.8. The van der Waals surface area contributed by atoms with Crippen molar-refractivity contribution in [3.63, 3.8) is 0 Å². The van der Waals surface area contributed by atoms with Gasteiger partial charge in [-0.3, -0.25) is 14.3 Å². The molecule has 2 amide bonds. The summed E-state index contributed by atoms with van der Waals surface area (Å²) < 4.78 is 1.48. The van der Waals surface area contributed by atoms with Gasteiger partial charge in [0, 0.05) is 19.3 Å². The van der Waals surface area contributed by atoms with Gasteiger partial charge in [-0.1, -0.05) is 13.3 Å². The molecule has 0 aliphatic heterocycles. The van der Waals surface area contributed by atoms with E-state index < -0.39 is 6.04 Å². The van der Waals surface area contributed by atoms with Gasteiger partial charge in [-0.25, -0.2) is 0 Å². The normalized spacial score (nSPS) is 11.7. The lowest BCUT2D eigenvalue weighted by Gasteiger charge is -2.10. The van der Waals surface area contributed by atoms with Crippen LogP contribution < -0.4 is 16.4 Å². The number of likely N-dealkylation sites (N-methyl/N-ethyl adjacent to an activating group) is 1. The van der Waals surface area contributed by atoms with E-state index in [0.717, 1.165) is 13.0 Å². The molecule has 0 fully saturated rings. The average Bonchev–Trinajstić information content (AvgIpc) is 2.85. The molecule has 1 heterocycles. The van der Waals surface area contributed by atoms with Crippen molar-refractivity contribution >= 4 is 29.9 Å². The third-order valence-corrected chi connectivity index (χ3v) is 3.02. The first-order valence-electron chi connectivity index (χ1n) is 7.42. The summed E-state index contributed by atoms with van der Waals surface area (Å²) in [7, 11) is 3.88. The largest absolute Gasteiger partial charge is 0.353 e. The summed E-state index contributed by atoms with van der Waals surface area (Å²) in [6.45, 7) is 3.45. The minimum absolute atomic E-state index is 0. The molecule has 1 aromatic heterocycles. The number of halogens is 1. The molecule has 0 radical (unpaired) electrons. The fraction of sp³-hybridized carbons (Fsp3) is 0.643. The summed E-state index contributed by atoms with van der Waals surface area (Å²) in [6, 6.07) is -0.525. The number of carbonyl (C=O) groups is 2. The van der Waals surface area contributed by atoms with Crippen molar-refractivity contribution in [2.24, 2.45) is 5.73 Å². The highest BCUT2D eigenvalue weighted by Crippen LogP contribution is 2.06. The maximum atomic E-state index is 11.8. The van der Waals surface area contributed by atoms with Gasteiger partial charge in [-0.2, -0.15) is 5.10 Å². The van der Waals surface area contributed by atoms with Crippen LogP contribution in [0.5, 0.6) is 0 Å². The average molecular weight is 347 g/mol. The summed E-state index contributed by atoms with van der Waals surface area (Å²) in [6.07, 6.45) is 4.60. The van der Waals surface area contributed by atoms with Crippen LogP contribution >= 0.6 is 12.4 Å². The quantitative estimate of drug-likeness (QED) is 0.586. The molecule has 0 aliphatic carbocycles. The molecular weight excluding hydrogens is 320 g/mol. The highest BCUT2D eigenvalue weighted by Gasteiger charge is 2.13. The molecule has 1 atom stereocenters. The Labute approximate surface area is 143 Å². The molecule has 8 nitrogen and oxygen atoms in total. The molecule has 0 aliphatic rings. The number of carbonyl (C=O) groups excluding carboxylic acids is 2. The summed E-state index contributed by atoms with van der Waals surface area (Å²) in [4.78, 5) is 25.5. The van der Waals surface area contributed by atoms with Crippen LogP contribution in [0.15, 0.2) is 12.4 Å². The van der Waals surface area contributed by atoms with Gasteiger partial charge in [0.25, 0.3) is 0 Å². The van der Waals surface area contributed by atoms with Gasteiger partial charge in [-0.15, -0.1) is 12.4 Å². The number of nitrogens with one attached hydrogen (secondary N) is 2. The minimum atomic E-state index is -0.525. The molecule has 1 aromatic rings. The first-order valence-corrected chi connectivity index (χ1v) is 7.42. The molecule has 9 heteroatoms. The van der Waals surface area contributed by atoms with Crippen molar-refractivity contribution in [1.29, 1.82) is 0 Å². The number of rotatable bonds is 9. The lowest BCUT2D eigenvalue weighted by atomic mass is 10.2. The van der Waals surface area contributed by atoms with E-state index in [1.165, 1.54) is 10.9 Å². The predicted molar refractivity (Wildman–Crippen MR) is 92.6 cm³/mol. The molecule has 0 aromatic carbocycles. The zero-order chi connectivity index (χ0) is 16.5. The fourth-order valence-corrected chi connectivity index (χ4v) is 1.81. The second-order valence-electron chi connectivity index (χ2n) is 5.46. The number of nitrogens with two attached hydrogens (primary N) is 1. The first-order chi connectivity index (χ1) is 10.4. The number of hydrogen-bond donors (Lipinski definition) is 3. The first kappa shape index (κ1) is 21.4. The molecule has 0 saturated heterocycles. The van der Waals surface area contributed by atoms with E-state index in [1.807, 2.05) is 25.9 Å². The van der Waals surface area contributed by atoms with Gasteiger partial charge in [0.2, 0.25) is 11.8 Å². The van der Waals surface area contributed by atoms with Crippen molar-refractivity contribution in [2.75, 3.05) is 32.5 Å². The fourth-order valence-electron chi connectivity index (χ4n) is 1.81. The van der Waals surface area contributed by atoms with Crippen molar-refractivity contribution in [3.05, 3.63) is 12.4 Å². The Morgan fingerprint density at radius 3 is 2.74 bits per heavy atom. The molecule has 0 bridgehead atoms. The SMILES string of the molecule is CCCC(N)C(=O)Nc1cnn(CC(=O)NCCN(C)C)c1.Cl. The van der Waals surface area contributed by atoms with Gasteiger partial charge in [0.05, 0.1) is 17.9 Å². The molecule has 1 rings (SSSR count). The second kappa shape index (κ2) is 11.0. The molecule has 0 saturated carbocycles. The molecule has 4 N–H and O–H groups in total. The van der Waals surface area contributed by atoms with E-state index in [9.17, 15) is 9.59 Å². The standard InChI is InChI=1S/C14H26N6O2.ClH/c1-4-5-12(15)14(22)18-11-8-17-20(9-11)10-13(21)16-6-7-19(2)3;/h8-9,12H,4-7,10,15H2,1-3H3,(H,16,21)(H,18,22);1H. The Kier molecular flexibility index (Phi) is 10.2. The molecule has 1 unspecified atom stereocenters. The van der Waals surface area contributed by atoms with Gasteiger partial charge >= 0.3 is 0 Å². The van der Waals surface area contributed by atoms with Gasteiger partial charge in [0.1, 0.15) is 6.54 Å². The Bertz CT molecular complexity index is 491. The van der Waals surface area contributed by atoms with Crippen molar-refractivity contribution < 1.29 is 9.59 Å². The smallest absolute Gasteiger partial charge is 0.241 e. The number of hydrogen-bond acceptors (Lipinski definition) is 5. The van der Waals surface area contributed by atoms with Gasteiger partial charge in [-0.05, 0) is 20.5 Å². The van der Waals surface area contributed by atoms with Crippen LogP contribution in [0.1, 0.15) is 19.8 Å². The van der Waals surface area contributed by atoms with Crippen LogP contribution in [0.3, 0.4) is 0 Å². The lowest BCUT2D eigenvalue weighted by Crippen LogP contribution is -2.35. The zero-order valence-electron chi connectivity index (χ0n) is 13.9. The van der Waals surface area contributed by atoms with E-state index in [-0.39, 0.29) is 30.8 Å². The Morgan fingerprint density at radius 1 is 1.43 bits per heavy atom. The number of nitrogens with zero attached hydrogens (tertiary/aromatic N) is 3. The summed E-state index contributed by atoms with van der Waals surface area (Å²) in [5, 5.41) is 9.54. The van der Waals surface area contributed by atoms with E-state index >= 15 is 0 Å². The molecular formula is C14H27ClN6O2. The topological polar surface area (TPSA) is 105 Å². The summed E-state index contributed by atoms with van der Waals surface area (Å²) in [5.41, 5.74) is 6.27. The highest BCUT2D eigenvalue weighted by molar-refractivity contribution is 5.94. The minimum Gasteiger partial charge on any atom is -0.353 e. The van der Waals surface area contributed by atoms with Crippen LogP contribution in [0.2, 0.25) is 0 Å². The van der Waals surface area contributed by atoms with E-state index in [0.29, 0.717) is 18.7 Å². The van der Waals surface area contributed by atoms with Crippen molar-refractivity contribution in [1.82, 2.24) is 20.0 Å². The number of aromatic nitrogens is 2. The van der Waals surface area contributed by atoms with Crippen LogP contribution in [0.25, 0.3) is 0 Å². The monoisotopic (exact) mass is 346 g/mol.